The number of carbonyl (C=O) groups is 2. The van der Waals surface area contributed by atoms with Crippen LogP contribution in [0.15, 0.2) is 54.7 Å². The van der Waals surface area contributed by atoms with E-state index in [0.717, 1.165) is 10.9 Å². The van der Waals surface area contributed by atoms with Gasteiger partial charge in [-0.3, -0.25) is 9.78 Å². The van der Waals surface area contributed by atoms with Crippen molar-refractivity contribution in [3.05, 3.63) is 70.9 Å². The van der Waals surface area contributed by atoms with Crippen LogP contribution in [0, 0.1) is 0 Å². The van der Waals surface area contributed by atoms with Gasteiger partial charge in [-0.1, -0.05) is 23.7 Å². The number of carbonyl (C=O) groups excluding carboxylic acids is 2. The molecule has 0 atom stereocenters. The van der Waals surface area contributed by atoms with Gasteiger partial charge in [0.25, 0.3) is 5.91 Å². The molecule has 7 heteroatoms. The molecule has 3 aromatic rings. The Morgan fingerprint density at radius 2 is 1.89 bits per heavy atom. The van der Waals surface area contributed by atoms with Gasteiger partial charge in [-0.05, 0) is 42.0 Å². The minimum Gasteiger partial charge on any atom is -0.481 e. The Morgan fingerprint density at radius 3 is 2.63 bits per heavy atom. The minimum absolute atomic E-state index is 0.145. The van der Waals surface area contributed by atoms with Crippen molar-refractivity contribution in [2.24, 2.45) is 0 Å². The van der Waals surface area contributed by atoms with Gasteiger partial charge in [-0.2, -0.15) is 0 Å². The van der Waals surface area contributed by atoms with Gasteiger partial charge in [0.2, 0.25) is 0 Å². The van der Waals surface area contributed by atoms with E-state index in [4.69, 9.17) is 16.3 Å². The summed E-state index contributed by atoms with van der Waals surface area (Å²) in [7, 11) is 1.33. The molecule has 0 saturated carbocycles. The molecule has 1 N–H and O–H groups in total. The Bertz CT molecular complexity index is 973. The zero-order valence-corrected chi connectivity index (χ0v) is 15.3. The maximum absolute atomic E-state index is 12.1. The van der Waals surface area contributed by atoms with Crippen molar-refractivity contribution in [3.8, 4) is 5.75 Å². The predicted molar refractivity (Wildman–Crippen MR) is 102 cm³/mol. The predicted octanol–water partition coefficient (Wildman–Crippen LogP) is 3.37. The lowest BCUT2D eigenvalue weighted by atomic mass is 10.1. The number of esters is 1. The fraction of sp³-hybridized carbons (Fsp3) is 0.150. The highest BCUT2D eigenvalue weighted by Crippen LogP contribution is 2.29. The first-order chi connectivity index (χ1) is 13.1. The van der Waals surface area contributed by atoms with E-state index in [2.05, 4.69) is 15.0 Å². The highest BCUT2D eigenvalue weighted by atomic mass is 35.5. The van der Waals surface area contributed by atoms with Crippen molar-refractivity contribution in [2.75, 3.05) is 13.7 Å². The van der Waals surface area contributed by atoms with Gasteiger partial charge >= 0.3 is 5.97 Å². The largest absolute Gasteiger partial charge is 0.481 e. The fourth-order valence-corrected chi connectivity index (χ4v) is 2.72. The lowest BCUT2D eigenvalue weighted by Crippen LogP contribution is -2.28. The van der Waals surface area contributed by atoms with Crippen LogP contribution in [0.4, 0.5) is 0 Å². The second-order valence-electron chi connectivity index (χ2n) is 5.70. The van der Waals surface area contributed by atoms with E-state index >= 15 is 0 Å². The van der Waals surface area contributed by atoms with Gasteiger partial charge < -0.3 is 14.8 Å². The molecule has 1 amide bonds. The lowest BCUT2D eigenvalue weighted by Gasteiger charge is -2.10. The van der Waals surface area contributed by atoms with Crippen molar-refractivity contribution in [1.82, 2.24) is 10.3 Å². The highest BCUT2D eigenvalue weighted by Gasteiger charge is 2.09. The normalized spacial score (nSPS) is 10.4. The van der Waals surface area contributed by atoms with Crippen LogP contribution >= 0.6 is 11.6 Å². The van der Waals surface area contributed by atoms with Crippen LogP contribution in [-0.4, -0.2) is 30.6 Å². The average molecular weight is 385 g/mol. The number of hydrogen-bond donors (Lipinski definition) is 1. The molecule has 0 spiro atoms. The molecule has 0 bridgehead atoms. The summed E-state index contributed by atoms with van der Waals surface area (Å²) in [4.78, 5) is 27.7. The van der Waals surface area contributed by atoms with Crippen LogP contribution in [-0.2, 0) is 16.1 Å². The maximum atomic E-state index is 12.1. The number of aromatic nitrogens is 1. The van der Waals surface area contributed by atoms with Crippen LogP contribution in [0.1, 0.15) is 15.9 Å². The third kappa shape index (κ3) is 4.54. The second kappa shape index (κ2) is 8.51. The zero-order valence-electron chi connectivity index (χ0n) is 14.6. The molecular weight excluding hydrogens is 368 g/mol. The topological polar surface area (TPSA) is 77.5 Å². The molecule has 0 unspecified atom stereocenters. The summed E-state index contributed by atoms with van der Waals surface area (Å²) >= 11 is 6.15. The van der Waals surface area contributed by atoms with E-state index in [1.54, 1.807) is 48.7 Å². The summed E-state index contributed by atoms with van der Waals surface area (Å²) < 4.78 is 10.2. The zero-order chi connectivity index (χ0) is 19.2. The number of halogens is 1. The molecule has 0 saturated heterocycles. The minimum atomic E-state index is -0.400. The third-order valence-corrected chi connectivity index (χ3v) is 4.23. The van der Waals surface area contributed by atoms with Crippen LogP contribution < -0.4 is 10.1 Å². The average Bonchev–Trinajstić information content (AvgIpc) is 2.71. The van der Waals surface area contributed by atoms with Gasteiger partial charge in [0.05, 0.1) is 17.7 Å². The van der Waals surface area contributed by atoms with Crippen LogP contribution in [0.2, 0.25) is 5.02 Å². The molecule has 0 aliphatic carbocycles. The molecule has 3 rings (SSSR count). The van der Waals surface area contributed by atoms with Gasteiger partial charge in [0.1, 0.15) is 11.3 Å². The molecule has 1 heterocycles. The van der Waals surface area contributed by atoms with Gasteiger partial charge in [0, 0.05) is 18.1 Å². The Kier molecular flexibility index (Phi) is 5.88. The number of methoxy groups -OCH3 is 1. The standard InChI is InChI=1S/C20H17ClN2O4/c1-26-20(25)14-6-4-13(5-7-14)11-23-18(24)12-27-17-9-8-16(21)15-3-2-10-22-19(15)17/h2-10H,11-12H2,1H3,(H,23,24). The second-order valence-corrected chi connectivity index (χ2v) is 6.11. The summed E-state index contributed by atoms with van der Waals surface area (Å²) in [5.74, 6) is -0.179. The number of nitrogens with one attached hydrogen (secondary N) is 1. The van der Waals surface area contributed by atoms with Crippen LogP contribution in [0.25, 0.3) is 10.9 Å². The van der Waals surface area contributed by atoms with Gasteiger partial charge in [-0.15, -0.1) is 0 Å². The van der Waals surface area contributed by atoms with E-state index in [1.807, 2.05) is 6.07 Å². The number of rotatable bonds is 6. The highest BCUT2D eigenvalue weighted by molar-refractivity contribution is 6.35. The SMILES string of the molecule is COC(=O)c1ccc(CNC(=O)COc2ccc(Cl)c3cccnc23)cc1. The van der Waals surface area contributed by atoms with E-state index in [0.29, 0.717) is 28.4 Å². The van der Waals surface area contributed by atoms with Gasteiger partial charge in [0.15, 0.2) is 6.61 Å². The number of benzene rings is 2. The number of pyridine rings is 1. The molecule has 27 heavy (non-hydrogen) atoms. The fourth-order valence-electron chi connectivity index (χ4n) is 2.50. The first-order valence-corrected chi connectivity index (χ1v) is 8.56. The Balaban J connectivity index is 1.56. The van der Waals surface area contributed by atoms with E-state index < -0.39 is 5.97 Å². The first-order valence-electron chi connectivity index (χ1n) is 8.18. The number of hydrogen-bond acceptors (Lipinski definition) is 5. The molecular formula is C20H17ClN2O4. The summed E-state index contributed by atoms with van der Waals surface area (Å²) in [6, 6.07) is 13.8. The molecule has 6 nitrogen and oxygen atoms in total. The van der Waals surface area contributed by atoms with E-state index in [-0.39, 0.29) is 12.5 Å². The number of amides is 1. The Hall–Kier alpha value is -3.12. The van der Waals surface area contributed by atoms with Crippen molar-refractivity contribution < 1.29 is 19.1 Å². The monoisotopic (exact) mass is 384 g/mol. The lowest BCUT2D eigenvalue weighted by molar-refractivity contribution is -0.123. The van der Waals surface area contributed by atoms with Crippen LogP contribution in [0.5, 0.6) is 5.75 Å². The molecule has 138 valence electrons. The van der Waals surface area contributed by atoms with Crippen molar-refractivity contribution >= 4 is 34.4 Å². The smallest absolute Gasteiger partial charge is 0.337 e. The Morgan fingerprint density at radius 1 is 1.11 bits per heavy atom. The van der Waals surface area contributed by atoms with Crippen molar-refractivity contribution in [3.63, 3.8) is 0 Å². The molecule has 0 aliphatic heterocycles. The molecule has 0 aliphatic rings. The quantitative estimate of drug-likeness (QED) is 0.659. The number of nitrogens with zero attached hydrogens (tertiary/aromatic N) is 1. The van der Waals surface area contributed by atoms with Gasteiger partial charge in [-0.25, -0.2) is 4.79 Å². The molecule has 0 radical (unpaired) electrons. The summed E-state index contributed by atoms with van der Waals surface area (Å²) in [6.45, 7) is 0.177. The summed E-state index contributed by atoms with van der Waals surface area (Å²) in [6.07, 6.45) is 1.64. The van der Waals surface area contributed by atoms with E-state index in [9.17, 15) is 9.59 Å². The number of fused-ring (bicyclic) bond motifs is 1. The summed E-state index contributed by atoms with van der Waals surface area (Å²) in [5.41, 5.74) is 1.92. The maximum Gasteiger partial charge on any atom is 0.337 e. The Labute approximate surface area is 161 Å². The van der Waals surface area contributed by atoms with Crippen molar-refractivity contribution in [2.45, 2.75) is 6.54 Å². The first kappa shape index (κ1) is 18.7. The number of ether oxygens (including phenoxy) is 2. The van der Waals surface area contributed by atoms with E-state index in [1.165, 1.54) is 7.11 Å². The molecule has 2 aromatic carbocycles. The van der Waals surface area contributed by atoms with Crippen LogP contribution in [0.3, 0.4) is 0 Å². The van der Waals surface area contributed by atoms with Crippen molar-refractivity contribution in [1.29, 1.82) is 0 Å². The molecule has 1 aromatic heterocycles. The summed E-state index contributed by atoms with van der Waals surface area (Å²) in [5, 5.41) is 4.11. The molecule has 0 fully saturated rings. The third-order valence-electron chi connectivity index (χ3n) is 3.90.